The van der Waals surface area contributed by atoms with E-state index in [9.17, 15) is 5.11 Å². The predicted octanol–water partition coefficient (Wildman–Crippen LogP) is 6.61. The maximum atomic E-state index is 10.3. The van der Waals surface area contributed by atoms with Gasteiger partial charge in [-0.1, -0.05) is 43.7 Å². The van der Waals surface area contributed by atoms with Crippen LogP contribution in [0.1, 0.15) is 30.5 Å². The standard InChI is InChI=1S/C29H23N4O.Pt/c1-18-12-14-31-27(16-18)33-24-7-5-4-6-20(24)29(2,3)21-9-8-19(17-25(21)33)22-10-11-23-28(32-22)26(34)13-15-30-23;/h4-16H,1-3H3,(H,30,34);/q-1;. The Morgan fingerprint density at radius 1 is 0.886 bits per heavy atom. The fraction of sp³-hybridized carbons (Fsp3) is 0.138. The number of hydrogen-bond acceptors (Lipinski definition) is 5. The number of para-hydroxylation sites is 1. The zero-order chi connectivity index (χ0) is 23.4. The molecule has 2 aromatic carbocycles. The number of pyridine rings is 3. The molecule has 0 unspecified atom stereocenters. The Kier molecular flexibility index (Phi) is 5.69. The maximum Gasteiger partial charge on any atom is 0.143 e. The quantitative estimate of drug-likeness (QED) is 0.221. The van der Waals surface area contributed by atoms with Crippen LogP contribution in [0.5, 0.6) is 5.75 Å². The molecule has 0 bridgehead atoms. The smallest absolute Gasteiger partial charge is 0.143 e. The van der Waals surface area contributed by atoms with Crippen LogP contribution in [0.25, 0.3) is 22.3 Å². The van der Waals surface area contributed by atoms with Crippen LogP contribution >= 0.6 is 0 Å². The second-order valence-electron chi connectivity index (χ2n) is 9.20. The summed E-state index contributed by atoms with van der Waals surface area (Å²) in [5, 5.41) is 10.3. The minimum atomic E-state index is -0.208. The molecule has 35 heavy (non-hydrogen) atoms. The van der Waals surface area contributed by atoms with Crippen molar-refractivity contribution >= 4 is 28.2 Å². The summed E-state index contributed by atoms with van der Waals surface area (Å²) < 4.78 is 0. The predicted molar refractivity (Wildman–Crippen MR) is 135 cm³/mol. The van der Waals surface area contributed by atoms with Crippen molar-refractivity contribution < 1.29 is 26.2 Å². The number of nitrogens with zero attached hydrogens (tertiary/aromatic N) is 4. The van der Waals surface area contributed by atoms with Gasteiger partial charge < -0.3 is 10.0 Å². The number of aromatic hydroxyl groups is 1. The molecule has 0 aliphatic carbocycles. The minimum absolute atomic E-state index is 0. The third-order valence-electron chi connectivity index (χ3n) is 6.61. The average molecular weight is 639 g/mol. The van der Waals surface area contributed by atoms with Crippen molar-refractivity contribution in [1.82, 2.24) is 15.0 Å². The molecule has 0 amide bonds. The largest absolute Gasteiger partial charge is 0.506 e. The van der Waals surface area contributed by atoms with Crippen LogP contribution in [0.3, 0.4) is 0 Å². The van der Waals surface area contributed by atoms with E-state index in [0.29, 0.717) is 11.0 Å². The van der Waals surface area contributed by atoms with Crippen LogP contribution in [-0.2, 0) is 26.5 Å². The van der Waals surface area contributed by atoms with Gasteiger partial charge in [-0.15, -0.1) is 23.8 Å². The van der Waals surface area contributed by atoms with E-state index < -0.39 is 0 Å². The van der Waals surface area contributed by atoms with Gasteiger partial charge in [0, 0.05) is 45.2 Å². The first-order valence-electron chi connectivity index (χ1n) is 11.3. The summed E-state index contributed by atoms with van der Waals surface area (Å²) in [6.07, 6.45) is 3.42. The van der Waals surface area contributed by atoms with Gasteiger partial charge in [0.15, 0.2) is 0 Å². The molecule has 0 atom stereocenters. The average Bonchev–Trinajstić information content (AvgIpc) is 2.84. The number of aromatic nitrogens is 3. The van der Waals surface area contributed by atoms with Gasteiger partial charge >= 0.3 is 0 Å². The van der Waals surface area contributed by atoms with E-state index in [4.69, 9.17) is 9.97 Å². The molecular formula is C29H23N4OPt-. The molecule has 0 spiro atoms. The van der Waals surface area contributed by atoms with Crippen LogP contribution in [0.15, 0.2) is 79.1 Å². The maximum absolute atomic E-state index is 10.3. The van der Waals surface area contributed by atoms with Gasteiger partial charge in [-0.05, 0) is 59.1 Å². The first kappa shape index (κ1) is 23.2. The van der Waals surface area contributed by atoms with Crippen LogP contribution in [-0.4, -0.2) is 20.1 Å². The van der Waals surface area contributed by atoms with Crippen molar-refractivity contribution in [2.75, 3.05) is 4.90 Å². The molecule has 1 aliphatic rings. The zero-order valence-electron chi connectivity index (χ0n) is 19.6. The SMILES string of the molecule is Cc1ccnc(N2c3[c-]c(-c4ccc5nccc(O)c5n4)ccc3C(C)(C)c3ccccc32)c1.[Pt]. The summed E-state index contributed by atoms with van der Waals surface area (Å²) in [5.41, 5.74) is 8.11. The molecule has 5 nitrogen and oxygen atoms in total. The van der Waals surface area contributed by atoms with Crippen LogP contribution in [0.4, 0.5) is 17.2 Å². The van der Waals surface area contributed by atoms with Crippen molar-refractivity contribution in [3.8, 4) is 17.0 Å². The molecule has 0 radical (unpaired) electrons. The summed E-state index contributed by atoms with van der Waals surface area (Å²) in [4.78, 5) is 15.9. The molecule has 1 N–H and O–H groups in total. The molecule has 6 heteroatoms. The van der Waals surface area contributed by atoms with Crippen molar-refractivity contribution in [2.45, 2.75) is 26.2 Å². The fourth-order valence-electron chi connectivity index (χ4n) is 4.82. The Bertz CT molecular complexity index is 1580. The second kappa shape index (κ2) is 8.58. The number of fused-ring (bicyclic) bond motifs is 3. The van der Waals surface area contributed by atoms with E-state index >= 15 is 0 Å². The monoisotopic (exact) mass is 638 g/mol. The summed E-state index contributed by atoms with van der Waals surface area (Å²) in [5.74, 6) is 0.969. The summed E-state index contributed by atoms with van der Waals surface area (Å²) >= 11 is 0. The van der Waals surface area contributed by atoms with E-state index in [1.807, 2.05) is 24.4 Å². The number of anilines is 3. The van der Waals surface area contributed by atoms with E-state index in [2.05, 4.69) is 79.2 Å². The Hall–Kier alpha value is -3.56. The van der Waals surface area contributed by atoms with Crippen LogP contribution in [0.2, 0.25) is 0 Å². The molecule has 5 aromatic rings. The zero-order valence-corrected chi connectivity index (χ0v) is 21.8. The van der Waals surface area contributed by atoms with Crippen molar-refractivity contribution in [1.29, 1.82) is 0 Å². The van der Waals surface area contributed by atoms with Crippen molar-refractivity contribution in [3.63, 3.8) is 0 Å². The summed E-state index contributed by atoms with van der Waals surface area (Å²) in [7, 11) is 0. The van der Waals surface area contributed by atoms with Gasteiger partial charge in [-0.25, -0.2) is 4.98 Å². The molecule has 6 rings (SSSR count). The van der Waals surface area contributed by atoms with Gasteiger partial charge in [-0.3, -0.25) is 9.97 Å². The summed E-state index contributed by atoms with van der Waals surface area (Å²) in [6.45, 7) is 6.57. The molecule has 4 heterocycles. The Morgan fingerprint density at radius 2 is 1.69 bits per heavy atom. The number of aryl methyl sites for hydroxylation is 1. The van der Waals surface area contributed by atoms with E-state index in [1.54, 1.807) is 12.3 Å². The number of rotatable bonds is 2. The molecular weight excluding hydrogens is 615 g/mol. The summed E-state index contributed by atoms with van der Waals surface area (Å²) in [6, 6.07) is 25.8. The van der Waals surface area contributed by atoms with Gasteiger partial charge in [0.1, 0.15) is 17.1 Å². The Balaban J connectivity index is 0.00000253. The molecule has 1 aliphatic heterocycles. The molecule has 0 saturated carbocycles. The number of hydrogen-bond donors (Lipinski definition) is 1. The van der Waals surface area contributed by atoms with Gasteiger partial charge in [-0.2, -0.15) is 0 Å². The van der Waals surface area contributed by atoms with Crippen LogP contribution < -0.4 is 4.90 Å². The van der Waals surface area contributed by atoms with Gasteiger partial charge in [0.05, 0.1) is 5.52 Å². The third-order valence-corrected chi connectivity index (χ3v) is 6.61. The van der Waals surface area contributed by atoms with E-state index in [1.165, 1.54) is 11.1 Å². The van der Waals surface area contributed by atoms with Gasteiger partial charge in [0.2, 0.25) is 0 Å². The molecule has 176 valence electrons. The van der Waals surface area contributed by atoms with Crippen molar-refractivity contribution in [2.24, 2.45) is 0 Å². The molecule has 3 aromatic heterocycles. The van der Waals surface area contributed by atoms with Crippen molar-refractivity contribution in [3.05, 3.63) is 102 Å². The molecule has 0 saturated heterocycles. The second-order valence-corrected chi connectivity index (χ2v) is 9.20. The normalized spacial score (nSPS) is 13.6. The first-order valence-corrected chi connectivity index (χ1v) is 11.3. The van der Waals surface area contributed by atoms with E-state index in [-0.39, 0.29) is 32.2 Å². The Morgan fingerprint density at radius 3 is 2.51 bits per heavy atom. The van der Waals surface area contributed by atoms with Crippen LogP contribution in [0, 0.1) is 13.0 Å². The minimum Gasteiger partial charge on any atom is -0.506 e. The fourth-order valence-corrected chi connectivity index (χ4v) is 4.82. The first-order chi connectivity index (χ1) is 16.4. The van der Waals surface area contributed by atoms with Gasteiger partial charge in [0.25, 0.3) is 0 Å². The third kappa shape index (κ3) is 3.71. The topological polar surface area (TPSA) is 62.1 Å². The molecule has 0 fully saturated rings. The Labute approximate surface area is 218 Å². The number of benzene rings is 2. The van der Waals surface area contributed by atoms with E-state index in [0.717, 1.165) is 34.0 Å².